The number of benzene rings is 17. The highest BCUT2D eigenvalue weighted by atomic mass is 14.4. The zero-order chi connectivity index (χ0) is 34.0. The Hall–Kier alpha value is -7.02. The predicted octanol–water partition coefficient (Wildman–Crippen LogP) is 15.6. The highest BCUT2D eigenvalue weighted by Crippen LogP contribution is 2.63. The summed E-state index contributed by atoms with van der Waals surface area (Å²) < 4.78 is 0. The molecule has 238 valence electrons. The topological polar surface area (TPSA) is 0 Å². The summed E-state index contributed by atoms with van der Waals surface area (Å²) in [6, 6.07) is 52.1. The minimum Gasteiger partial charge on any atom is -0.0616 e. The summed E-state index contributed by atoms with van der Waals surface area (Å²) in [6.07, 6.45) is 0. The molecule has 0 aliphatic carbocycles. The van der Waals surface area contributed by atoms with Crippen LogP contribution < -0.4 is 0 Å². The Morgan fingerprint density at radius 3 is 0.704 bits per heavy atom. The fourth-order valence-electron chi connectivity index (χ4n) is 13.0. The lowest BCUT2D eigenvalue weighted by Crippen LogP contribution is -2.02. The van der Waals surface area contributed by atoms with Crippen molar-refractivity contribution < 1.29 is 0 Å². The van der Waals surface area contributed by atoms with E-state index in [4.69, 9.17) is 0 Å². The maximum atomic E-state index is 2.58. The Balaban J connectivity index is 1.43. The first kappa shape index (κ1) is 25.0. The van der Waals surface area contributed by atoms with E-state index in [1.807, 2.05) is 0 Å². The summed E-state index contributed by atoms with van der Waals surface area (Å²) >= 11 is 0. The summed E-state index contributed by atoms with van der Waals surface area (Å²) in [6.45, 7) is 0. The number of fused-ring (bicyclic) bond motifs is 10. The molecule has 0 aliphatic rings. The van der Waals surface area contributed by atoms with Crippen molar-refractivity contribution in [1.82, 2.24) is 0 Å². The van der Waals surface area contributed by atoms with Crippen LogP contribution in [0.2, 0.25) is 0 Å². The van der Waals surface area contributed by atoms with Gasteiger partial charge in [-0.1, -0.05) is 127 Å². The molecule has 0 amide bonds. The zero-order valence-corrected chi connectivity index (χ0v) is 28.7. The summed E-state index contributed by atoms with van der Waals surface area (Å²) in [5.41, 5.74) is 0. The van der Waals surface area contributed by atoms with Crippen molar-refractivity contribution in [2.75, 3.05) is 0 Å². The molecular weight excluding hydrogens is 649 g/mol. The van der Waals surface area contributed by atoms with Crippen molar-refractivity contribution in [1.29, 1.82) is 0 Å². The van der Waals surface area contributed by atoms with Crippen LogP contribution in [-0.2, 0) is 0 Å². The SMILES string of the molecule is c1ccc2c(c1)c1ccc3c4cccc5c6cccc7c8cccc9c%10ccc%11c%12ccccc%12c%12cc2c2c1c3c1c(c54)c(c67)c(c89)c3c%10c%11c%12c2c13. The van der Waals surface area contributed by atoms with Gasteiger partial charge in [0.25, 0.3) is 0 Å². The summed E-state index contributed by atoms with van der Waals surface area (Å²) in [5.74, 6) is 0. The molecule has 0 spiro atoms. The van der Waals surface area contributed by atoms with E-state index in [-0.39, 0.29) is 0 Å². The van der Waals surface area contributed by atoms with Crippen LogP contribution in [-0.4, -0.2) is 0 Å². The minimum absolute atomic E-state index is 1.35. The molecule has 54 heavy (non-hydrogen) atoms. The third-order valence-corrected chi connectivity index (χ3v) is 14.6. The van der Waals surface area contributed by atoms with Gasteiger partial charge in [0.1, 0.15) is 0 Å². The van der Waals surface area contributed by atoms with Crippen LogP contribution in [0.1, 0.15) is 0 Å². The molecule has 17 aromatic carbocycles. The molecule has 17 aromatic rings. The molecule has 0 saturated carbocycles. The molecule has 0 N–H and O–H groups in total. The summed E-state index contributed by atoms with van der Waals surface area (Å²) in [4.78, 5) is 0. The molecule has 0 aromatic heterocycles. The molecule has 0 saturated heterocycles. The largest absolute Gasteiger partial charge is 0.0616 e. The number of hydrogen-bond donors (Lipinski definition) is 0. The van der Waals surface area contributed by atoms with Gasteiger partial charge in [-0.25, -0.2) is 0 Å². The molecule has 0 fully saturated rings. The first-order valence-electron chi connectivity index (χ1n) is 19.3. The van der Waals surface area contributed by atoms with E-state index in [9.17, 15) is 0 Å². The Morgan fingerprint density at radius 1 is 0.130 bits per heavy atom. The van der Waals surface area contributed by atoms with E-state index in [1.165, 1.54) is 172 Å². The average molecular weight is 671 g/mol. The quantitative estimate of drug-likeness (QED) is 0.111. The van der Waals surface area contributed by atoms with E-state index in [0.717, 1.165) is 0 Å². The van der Waals surface area contributed by atoms with Crippen molar-refractivity contribution in [2.24, 2.45) is 0 Å². The highest BCUT2D eigenvalue weighted by molar-refractivity contribution is 6.64. The molecule has 0 heterocycles. The first-order valence-corrected chi connectivity index (χ1v) is 19.3. The van der Waals surface area contributed by atoms with Gasteiger partial charge in [0, 0.05) is 0 Å². The smallest absolute Gasteiger partial charge is 0.00000152 e. The van der Waals surface area contributed by atoms with E-state index in [1.54, 1.807) is 0 Å². The molecule has 0 radical (unpaired) electrons. The van der Waals surface area contributed by atoms with Gasteiger partial charge in [-0.3, -0.25) is 0 Å². The Kier molecular flexibility index (Phi) is 3.50. The molecular formula is C54H22. The Morgan fingerprint density at radius 2 is 0.333 bits per heavy atom. The van der Waals surface area contributed by atoms with Gasteiger partial charge < -0.3 is 0 Å². The third kappa shape index (κ3) is 2.20. The molecule has 0 unspecified atom stereocenters. The molecule has 17 rings (SSSR count). The van der Waals surface area contributed by atoms with Gasteiger partial charge in [-0.15, -0.1) is 0 Å². The summed E-state index contributed by atoms with van der Waals surface area (Å²) in [5, 5.41) is 45.2. The number of rotatable bonds is 0. The monoisotopic (exact) mass is 670 g/mol. The zero-order valence-electron chi connectivity index (χ0n) is 28.7. The lowest BCUT2D eigenvalue weighted by atomic mass is 9.71. The lowest BCUT2D eigenvalue weighted by Gasteiger charge is -2.31. The highest BCUT2D eigenvalue weighted by Gasteiger charge is 2.33. The van der Waals surface area contributed by atoms with Crippen molar-refractivity contribution in [3.05, 3.63) is 133 Å². The van der Waals surface area contributed by atoms with Crippen LogP contribution in [0.5, 0.6) is 0 Å². The van der Waals surface area contributed by atoms with Crippen LogP contribution in [0.3, 0.4) is 0 Å². The van der Waals surface area contributed by atoms with E-state index in [0.29, 0.717) is 0 Å². The standard InChI is InChI=1S/C54H22/c1-3-10-25-23(8-1)33-18-20-35-31-16-6-14-29-27-12-5-13-28-30-15-7-17-32-36-21-19-34-24-9-2-4-11-26(24)38-22-37(25)46-42(33)44(35)52-49(40(29)31)48(39(27)28)50(41(30)32)53-45(36)43(34)47(38)51(46)54(52)53/h1-22H. The van der Waals surface area contributed by atoms with Crippen LogP contribution in [0.4, 0.5) is 0 Å². The minimum atomic E-state index is 1.35. The first-order chi connectivity index (χ1) is 26.9. The number of hydrogen-bond acceptors (Lipinski definition) is 0. The van der Waals surface area contributed by atoms with Crippen LogP contribution in [0.25, 0.3) is 172 Å². The molecule has 0 heteroatoms. The second-order valence-corrected chi connectivity index (χ2v) is 16.4. The van der Waals surface area contributed by atoms with E-state index >= 15 is 0 Å². The van der Waals surface area contributed by atoms with Crippen molar-refractivity contribution in [3.63, 3.8) is 0 Å². The van der Waals surface area contributed by atoms with E-state index < -0.39 is 0 Å². The van der Waals surface area contributed by atoms with Crippen LogP contribution >= 0.6 is 0 Å². The second kappa shape index (κ2) is 7.55. The van der Waals surface area contributed by atoms with Gasteiger partial charge in [0.2, 0.25) is 0 Å². The fourth-order valence-corrected chi connectivity index (χ4v) is 13.0. The van der Waals surface area contributed by atoms with Gasteiger partial charge in [0.05, 0.1) is 0 Å². The average Bonchev–Trinajstić information content (AvgIpc) is 3.24. The van der Waals surface area contributed by atoms with Gasteiger partial charge in [-0.2, -0.15) is 0 Å². The maximum Gasteiger partial charge on any atom is -0.00000152 e. The maximum absolute atomic E-state index is 2.58. The van der Waals surface area contributed by atoms with Crippen molar-refractivity contribution >= 4 is 172 Å². The van der Waals surface area contributed by atoms with E-state index in [2.05, 4.69) is 133 Å². The lowest BCUT2D eigenvalue weighted by molar-refractivity contribution is 1.81. The Bertz CT molecular complexity index is 4190. The second-order valence-electron chi connectivity index (χ2n) is 16.4. The van der Waals surface area contributed by atoms with Crippen LogP contribution in [0.15, 0.2) is 133 Å². The molecule has 0 atom stereocenters. The fraction of sp³-hybridized carbons (Fsp3) is 0. The predicted molar refractivity (Wildman–Crippen MR) is 236 cm³/mol. The van der Waals surface area contributed by atoms with Gasteiger partial charge >= 0.3 is 0 Å². The van der Waals surface area contributed by atoms with Crippen molar-refractivity contribution in [3.8, 4) is 0 Å². The van der Waals surface area contributed by atoms with Crippen molar-refractivity contribution in [2.45, 2.75) is 0 Å². The third-order valence-electron chi connectivity index (χ3n) is 14.6. The van der Waals surface area contributed by atoms with Gasteiger partial charge in [-0.05, 0) is 178 Å². The normalized spacial score (nSPS) is 13.9. The Labute approximate surface area is 304 Å². The molecule has 0 bridgehead atoms. The van der Waals surface area contributed by atoms with Gasteiger partial charge in [0.15, 0.2) is 0 Å². The van der Waals surface area contributed by atoms with Crippen LogP contribution in [0, 0.1) is 0 Å². The molecule has 0 aliphatic heterocycles. The molecule has 0 nitrogen and oxygen atoms in total. The summed E-state index contributed by atoms with van der Waals surface area (Å²) in [7, 11) is 0.